The first-order valence-electron chi connectivity index (χ1n) is 8.15. The van der Waals surface area contributed by atoms with E-state index >= 15 is 0 Å². The predicted molar refractivity (Wildman–Crippen MR) is 98.3 cm³/mol. The lowest BCUT2D eigenvalue weighted by Gasteiger charge is -2.20. The Bertz CT molecular complexity index is 902. The predicted octanol–water partition coefficient (Wildman–Crippen LogP) is 4.10. The van der Waals surface area contributed by atoms with Gasteiger partial charge in [0.25, 0.3) is 5.91 Å². The maximum atomic E-state index is 13.1. The van der Waals surface area contributed by atoms with Crippen molar-refractivity contribution in [2.24, 2.45) is 0 Å². The molecule has 2 aromatic heterocycles. The second kappa shape index (κ2) is 6.61. The maximum absolute atomic E-state index is 13.1. The Balaban J connectivity index is 1.63. The van der Waals surface area contributed by atoms with E-state index in [0.29, 0.717) is 23.3 Å². The van der Waals surface area contributed by atoms with Crippen molar-refractivity contribution < 1.29 is 4.79 Å². The standard InChI is InChI=1S/C18H17ClN4OS/c1-12-17(20-21-23(12)15-5-2-4-13(19)10-15)18(24)22(14-7-8-14)11-16-6-3-9-25-16/h2-6,9-10,14H,7-8,11H2,1H3. The van der Waals surface area contributed by atoms with E-state index in [1.54, 1.807) is 22.1 Å². The van der Waals surface area contributed by atoms with Crippen molar-refractivity contribution in [3.8, 4) is 5.69 Å². The number of halogens is 1. The average molecular weight is 373 g/mol. The molecule has 2 heterocycles. The number of aromatic nitrogens is 3. The Morgan fingerprint density at radius 1 is 1.36 bits per heavy atom. The van der Waals surface area contributed by atoms with Gasteiger partial charge in [-0.1, -0.05) is 28.9 Å². The molecule has 0 N–H and O–H groups in total. The van der Waals surface area contributed by atoms with Gasteiger partial charge in [-0.15, -0.1) is 16.4 Å². The molecule has 128 valence electrons. The molecule has 25 heavy (non-hydrogen) atoms. The number of rotatable bonds is 5. The van der Waals surface area contributed by atoms with Gasteiger partial charge in [0.1, 0.15) is 0 Å². The van der Waals surface area contributed by atoms with E-state index in [0.717, 1.165) is 24.2 Å². The Hall–Kier alpha value is -2.18. The summed E-state index contributed by atoms with van der Waals surface area (Å²) in [7, 11) is 0. The molecule has 0 bridgehead atoms. The summed E-state index contributed by atoms with van der Waals surface area (Å²) >= 11 is 7.73. The molecule has 4 rings (SSSR count). The molecule has 0 atom stereocenters. The average Bonchev–Trinajstić information content (AvgIpc) is 3.16. The van der Waals surface area contributed by atoms with Gasteiger partial charge >= 0.3 is 0 Å². The van der Waals surface area contributed by atoms with Gasteiger partial charge in [0, 0.05) is 15.9 Å². The van der Waals surface area contributed by atoms with Crippen LogP contribution in [-0.4, -0.2) is 31.8 Å². The summed E-state index contributed by atoms with van der Waals surface area (Å²) in [5, 5.41) is 11.0. The molecule has 3 aromatic rings. The van der Waals surface area contributed by atoms with Crippen LogP contribution >= 0.6 is 22.9 Å². The summed E-state index contributed by atoms with van der Waals surface area (Å²) in [5.41, 5.74) is 1.93. The van der Waals surface area contributed by atoms with Crippen LogP contribution in [0.2, 0.25) is 5.02 Å². The molecule has 0 aliphatic heterocycles. The van der Waals surface area contributed by atoms with Crippen molar-refractivity contribution in [3.05, 3.63) is 63.1 Å². The zero-order valence-corrected chi connectivity index (χ0v) is 15.3. The van der Waals surface area contributed by atoms with Gasteiger partial charge in [0.05, 0.1) is 17.9 Å². The van der Waals surface area contributed by atoms with Crippen LogP contribution < -0.4 is 0 Å². The minimum absolute atomic E-state index is 0.0540. The molecular weight excluding hydrogens is 356 g/mol. The van der Waals surface area contributed by atoms with Gasteiger partial charge < -0.3 is 4.90 Å². The Morgan fingerprint density at radius 3 is 2.88 bits per heavy atom. The second-order valence-electron chi connectivity index (χ2n) is 6.16. The number of hydrogen-bond acceptors (Lipinski definition) is 4. The van der Waals surface area contributed by atoms with Crippen molar-refractivity contribution in [1.82, 2.24) is 19.9 Å². The van der Waals surface area contributed by atoms with Crippen LogP contribution in [0.5, 0.6) is 0 Å². The number of amides is 1. The number of carbonyl (C=O) groups excluding carboxylic acids is 1. The highest BCUT2D eigenvalue weighted by atomic mass is 35.5. The van der Waals surface area contributed by atoms with E-state index in [4.69, 9.17) is 11.6 Å². The highest BCUT2D eigenvalue weighted by Crippen LogP contribution is 2.31. The molecule has 1 fully saturated rings. The minimum atomic E-state index is -0.0540. The summed E-state index contributed by atoms with van der Waals surface area (Å²) in [6.45, 7) is 2.50. The van der Waals surface area contributed by atoms with Gasteiger partial charge in [-0.3, -0.25) is 4.79 Å². The van der Waals surface area contributed by atoms with Crippen molar-refractivity contribution in [1.29, 1.82) is 0 Å². The Morgan fingerprint density at radius 2 is 2.20 bits per heavy atom. The van der Waals surface area contributed by atoms with E-state index in [1.165, 1.54) is 4.88 Å². The van der Waals surface area contributed by atoms with Gasteiger partial charge in [-0.2, -0.15) is 0 Å². The minimum Gasteiger partial charge on any atom is -0.329 e. The molecule has 5 nitrogen and oxygen atoms in total. The van der Waals surface area contributed by atoms with Crippen molar-refractivity contribution in [3.63, 3.8) is 0 Å². The second-order valence-corrected chi connectivity index (χ2v) is 7.63. The largest absolute Gasteiger partial charge is 0.329 e. The van der Waals surface area contributed by atoms with Crippen LogP contribution in [0.1, 0.15) is 33.9 Å². The molecule has 1 aliphatic carbocycles. The van der Waals surface area contributed by atoms with E-state index in [9.17, 15) is 4.79 Å². The van der Waals surface area contributed by atoms with Crippen LogP contribution in [0.3, 0.4) is 0 Å². The van der Waals surface area contributed by atoms with Crippen LogP contribution in [0.15, 0.2) is 41.8 Å². The quantitative estimate of drug-likeness (QED) is 0.677. The highest BCUT2D eigenvalue weighted by molar-refractivity contribution is 7.09. The fourth-order valence-electron chi connectivity index (χ4n) is 2.84. The zero-order valence-electron chi connectivity index (χ0n) is 13.7. The van der Waals surface area contributed by atoms with Gasteiger partial charge in [0.15, 0.2) is 5.69 Å². The van der Waals surface area contributed by atoms with Gasteiger partial charge in [-0.05, 0) is 49.4 Å². The molecule has 7 heteroatoms. The number of thiophene rings is 1. The fraction of sp³-hybridized carbons (Fsp3) is 0.278. The first kappa shape index (κ1) is 16.3. The first-order valence-corrected chi connectivity index (χ1v) is 9.41. The SMILES string of the molecule is Cc1c(C(=O)N(Cc2cccs2)C2CC2)nnn1-c1cccc(Cl)c1. The summed E-state index contributed by atoms with van der Waals surface area (Å²) in [6, 6.07) is 11.7. The zero-order chi connectivity index (χ0) is 17.4. The van der Waals surface area contributed by atoms with E-state index in [1.807, 2.05) is 41.5 Å². The van der Waals surface area contributed by atoms with Crippen molar-refractivity contribution in [2.45, 2.75) is 32.4 Å². The van der Waals surface area contributed by atoms with Crippen molar-refractivity contribution >= 4 is 28.8 Å². The number of nitrogens with zero attached hydrogens (tertiary/aromatic N) is 4. The van der Waals surface area contributed by atoms with Crippen LogP contribution in [0, 0.1) is 6.92 Å². The molecule has 1 saturated carbocycles. The lowest BCUT2D eigenvalue weighted by Crippen LogP contribution is -2.33. The van der Waals surface area contributed by atoms with Crippen LogP contribution in [0.25, 0.3) is 5.69 Å². The van der Waals surface area contributed by atoms with Gasteiger partial charge in [0.2, 0.25) is 0 Å². The van der Waals surface area contributed by atoms with Crippen molar-refractivity contribution in [2.75, 3.05) is 0 Å². The lowest BCUT2D eigenvalue weighted by atomic mass is 10.2. The monoisotopic (exact) mass is 372 g/mol. The Labute approximate surface area is 154 Å². The van der Waals surface area contributed by atoms with Gasteiger partial charge in [-0.25, -0.2) is 4.68 Å². The van der Waals surface area contributed by atoms with E-state index < -0.39 is 0 Å². The third kappa shape index (κ3) is 3.32. The number of carbonyl (C=O) groups is 1. The lowest BCUT2D eigenvalue weighted by molar-refractivity contribution is 0.0725. The normalized spacial score (nSPS) is 13.8. The smallest absolute Gasteiger partial charge is 0.276 e. The molecular formula is C18H17ClN4OS. The highest BCUT2D eigenvalue weighted by Gasteiger charge is 2.35. The maximum Gasteiger partial charge on any atom is 0.276 e. The molecule has 0 radical (unpaired) electrons. The summed E-state index contributed by atoms with van der Waals surface area (Å²) in [6.07, 6.45) is 2.11. The molecule has 0 unspecified atom stereocenters. The molecule has 0 spiro atoms. The molecule has 0 saturated heterocycles. The topological polar surface area (TPSA) is 51.0 Å². The third-order valence-corrected chi connectivity index (χ3v) is 5.40. The third-order valence-electron chi connectivity index (χ3n) is 4.30. The van der Waals surface area contributed by atoms with E-state index in [-0.39, 0.29) is 5.91 Å². The van der Waals surface area contributed by atoms with Crippen LogP contribution in [-0.2, 0) is 6.54 Å². The Kier molecular flexibility index (Phi) is 4.31. The molecule has 1 amide bonds. The molecule has 1 aromatic carbocycles. The fourth-order valence-corrected chi connectivity index (χ4v) is 3.73. The van der Waals surface area contributed by atoms with Crippen LogP contribution in [0.4, 0.5) is 0 Å². The molecule has 1 aliphatic rings. The first-order chi connectivity index (χ1) is 12.1. The van der Waals surface area contributed by atoms with E-state index in [2.05, 4.69) is 16.4 Å². The summed E-state index contributed by atoms with van der Waals surface area (Å²) < 4.78 is 1.66. The summed E-state index contributed by atoms with van der Waals surface area (Å²) in [4.78, 5) is 16.2. The number of hydrogen-bond donors (Lipinski definition) is 0. The summed E-state index contributed by atoms with van der Waals surface area (Å²) in [5.74, 6) is -0.0540. The number of benzene rings is 1.